The van der Waals surface area contributed by atoms with Crippen LogP contribution in [0.3, 0.4) is 0 Å². The van der Waals surface area contributed by atoms with E-state index in [1.54, 1.807) is 103 Å². The largest absolute Gasteiger partial charge is 0.481 e. The van der Waals surface area contributed by atoms with Crippen molar-refractivity contribution in [2.75, 3.05) is 146 Å². The molecule has 0 unspecified atom stereocenters. The normalized spacial score (nSPS) is 25.2. The number of aliphatic carboxylic acids is 4. The first-order valence-corrected chi connectivity index (χ1v) is 46.5. The second kappa shape index (κ2) is 45.5. The summed E-state index contributed by atoms with van der Waals surface area (Å²) in [5, 5.41) is 39.2. The summed E-state index contributed by atoms with van der Waals surface area (Å²) in [6.45, 7) is 26.5. The number of ether oxygens (including phenoxy) is 8. The van der Waals surface area contributed by atoms with E-state index in [1.807, 2.05) is 43.9 Å². The maximum Gasteiger partial charge on any atom is 0.305 e. The lowest BCUT2D eigenvalue weighted by atomic mass is 9.96. The number of carboxylic acid groups (broad SMARTS) is 4. The highest BCUT2D eigenvalue weighted by molar-refractivity contribution is 6.34. The monoisotopic (exact) mass is 1900 g/mol. The third kappa shape index (κ3) is 25.8. The van der Waals surface area contributed by atoms with Crippen LogP contribution in [0.25, 0.3) is 0 Å². The van der Waals surface area contributed by atoms with Gasteiger partial charge in [0.2, 0.25) is 47.0 Å². The molecule has 712 valence electrons. The Kier molecular flexibility index (Phi) is 33.8. The maximum atomic E-state index is 11.2. The zero-order valence-corrected chi connectivity index (χ0v) is 79.6. The molecule has 0 bridgehead atoms. The summed E-state index contributed by atoms with van der Waals surface area (Å²) in [4.78, 5) is 115. The minimum absolute atomic E-state index is 0.00970. The topological polar surface area (TPSA) is 404 Å². The van der Waals surface area contributed by atoms with Crippen LogP contribution < -0.4 is 77.1 Å². The SMILES string of the molecule is COc1cc(N2CC[C@@H](Oc3cnc(N4C[C@H](C)C[C@@H]4CC(=O)O)cn3)[C@H](C)C2)c(Cl)cn1.COc1cc(N2CC[C@@H](Oc3cnc(N4C[C@H](C)C[C@@H]4CC(=O)O)cn3)[C@H](C)C2)c(Cl)cn1.COc1cc(N2CC[C@@H](Oc3cnc(N4C[C@H](C)C[C@H]4CC(=O)O)cn3)[C@H](C)C2)c(Cl)cn1.COc1cc(N2CC[C@@H](Oc3cnc(N4C[C@H](C)C[C@H]4CC(=O)O)cn3)[C@H](C)C2)c(Cl)cn1. The Morgan fingerprint density at radius 3 is 0.659 bits per heavy atom. The first-order chi connectivity index (χ1) is 63.3. The van der Waals surface area contributed by atoms with Crippen LogP contribution in [0, 0.1) is 47.3 Å². The number of aromatic nitrogens is 12. The first kappa shape index (κ1) is 98.3. The fourth-order valence-electron chi connectivity index (χ4n) is 19.1. The number of rotatable bonds is 28. The van der Waals surface area contributed by atoms with Crippen molar-refractivity contribution >= 4 is 116 Å². The Bertz CT molecular complexity index is 4530. The van der Waals surface area contributed by atoms with Crippen molar-refractivity contribution in [1.82, 2.24) is 59.8 Å². The van der Waals surface area contributed by atoms with E-state index in [-0.39, 0.29) is 97.9 Å². The summed E-state index contributed by atoms with van der Waals surface area (Å²) in [6, 6.07) is 7.22. The molecule has 0 radical (unpaired) electrons. The van der Waals surface area contributed by atoms with Crippen LogP contribution in [0.1, 0.15) is 132 Å². The van der Waals surface area contributed by atoms with Gasteiger partial charge in [-0.15, -0.1) is 0 Å². The van der Waals surface area contributed by atoms with Crippen molar-refractivity contribution in [3.8, 4) is 47.0 Å². The standard InChI is InChI=1S/4C23H30ClN5O4/c4*1-14-6-16(7-23(30)31)29(12-14)20-10-27-22(11-25-20)33-19-4-5-28(13-15(19)2)18-8-21(32-3)26-9-17(18)24/h4*8-11,14-16,19H,4-7,12-13H2,1-3H3,(H,30,31)/t2*14-,15-,16+,19-;2*14-,15-,16-,19-/m1111/s1. The minimum atomic E-state index is -0.793. The smallest absolute Gasteiger partial charge is 0.305 e. The van der Waals surface area contributed by atoms with E-state index < -0.39 is 23.9 Å². The third-order valence-electron chi connectivity index (χ3n) is 25.6. The molecule has 0 aliphatic carbocycles. The van der Waals surface area contributed by atoms with Crippen molar-refractivity contribution in [3.63, 3.8) is 0 Å². The Morgan fingerprint density at radius 2 is 0.492 bits per heavy atom. The Labute approximate surface area is 789 Å². The fraction of sp³-hybridized carbons (Fsp3) is 0.565. The number of piperidine rings is 4. The van der Waals surface area contributed by atoms with Gasteiger partial charge in [-0.05, 0) is 49.4 Å². The number of carbonyl (C=O) groups is 4. The molecule has 0 saturated carbocycles. The Morgan fingerprint density at radius 1 is 0.295 bits per heavy atom. The number of pyridine rings is 4. The molecule has 8 aromatic heterocycles. The first-order valence-electron chi connectivity index (χ1n) is 45.0. The zero-order chi connectivity index (χ0) is 94.1. The quantitative estimate of drug-likeness (QED) is 0.0354. The molecule has 0 spiro atoms. The van der Waals surface area contributed by atoms with Gasteiger partial charge in [-0.1, -0.05) is 102 Å². The van der Waals surface area contributed by atoms with E-state index in [1.165, 1.54) is 0 Å². The molecule has 8 aliphatic heterocycles. The molecular formula is C92H120Cl4N20O16. The van der Waals surface area contributed by atoms with Gasteiger partial charge in [0.05, 0.1) is 171 Å². The number of carboxylic acids is 4. The van der Waals surface area contributed by atoms with E-state index in [4.69, 9.17) is 84.3 Å². The van der Waals surface area contributed by atoms with Crippen LogP contribution in [0.4, 0.5) is 46.0 Å². The number of hydrogen-bond donors (Lipinski definition) is 4. The van der Waals surface area contributed by atoms with Crippen LogP contribution in [0.2, 0.25) is 20.1 Å². The van der Waals surface area contributed by atoms with E-state index >= 15 is 0 Å². The summed E-state index contributed by atoms with van der Waals surface area (Å²) in [5.74, 6) is 6.36. The van der Waals surface area contributed by atoms with Gasteiger partial charge in [0.1, 0.15) is 47.7 Å². The predicted molar refractivity (Wildman–Crippen MR) is 502 cm³/mol. The molecule has 16 heterocycles. The molecular weight excluding hydrogens is 1780 g/mol. The van der Waals surface area contributed by atoms with E-state index in [9.17, 15) is 39.6 Å². The molecule has 40 heteroatoms. The van der Waals surface area contributed by atoms with Crippen molar-refractivity contribution in [2.45, 2.75) is 181 Å². The fourth-order valence-corrected chi connectivity index (χ4v) is 20.0. The molecule has 36 nitrogen and oxygen atoms in total. The van der Waals surface area contributed by atoms with Gasteiger partial charge in [0.15, 0.2) is 0 Å². The highest BCUT2D eigenvalue weighted by Crippen LogP contribution is 2.41. The molecule has 4 N–H and O–H groups in total. The van der Waals surface area contributed by atoms with Crippen LogP contribution >= 0.6 is 46.4 Å². The van der Waals surface area contributed by atoms with E-state index in [0.717, 1.165) is 153 Å². The van der Waals surface area contributed by atoms with Gasteiger partial charge < -0.3 is 97.5 Å². The van der Waals surface area contributed by atoms with Crippen molar-refractivity contribution < 1.29 is 77.5 Å². The summed E-state index contributed by atoms with van der Waals surface area (Å²) >= 11 is 25.5. The van der Waals surface area contributed by atoms with Crippen LogP contribution in [-0.2, 0) is 19.2 Å². The second-order valence-electron chi connectivity index (χ2n) is 36.0. The van der Waals surface area contributed by atoms with Crippen molar-refractivity contribution in [1.29, 1.82) is 0 Å². The Hall–Kier alpha value is -11.2. The summed E-state index contributed by atoms with van der Waals surface area (Å²) < 4.78 is 45.6. The highest BCUT2D eigenvalue weighted by Gasteiger charge is 2.40. The zero-order valence-electron chi connectivity index (χ0n) is 76.6. The van der Waals surface area contributed by atoms with Gasteiger partial charge >= 0.3 is 23.9 Å². The summed E-state index contributed by atoms with van der Waals surface area (Å²) in [5.41, 5.74) is 3.64. The third-order valence-corrected chi connectivity index (χ3v) is 26.8. The second-order valence-corrected chi connectivity index (χ2v) is 37.6. The van der Waals surface area contributed by atoms with Gasteiger partial charge in [-0.3, -0.25) is 19.2 Å². The average molecular weight is 1900 g/mol. The molecule has 8 saturated heterocycles. The summed E-state index contributed by atoms with van der Waals surface area (Å²) in [6.07, 6.45) is 26.8. The van der Waals surface area contributed by atoms with E-state index in [0.29, 0.717) is 114 Å². The number of nitrogens with zero attached hydrogens (tertiary/aromatic N) is 20. The molecule has 0 amide bonds. The van der Waals surface area contributed by atoms with Gasteiger partial charge in [-0.25, -0.2) is 59.8 Å². The van der Waals surface area contributed by atoms with Crippen LogP contribution in [0.15, 0.2) is 98.6 Å². The van der Waals surface area contributed by atoms with E-state index in [2.05, 4.69) is 135 Å². The van der Waals surface area contributed by atoms with Crippen LogP contribution in [0.5, 0.6) is 47.0 Å². The maximum absolute atomic E-state index is 11.2. The molecule has 132 heavy (non-hydrogen) atoms. The lowest BCUT2D eigenvalue weighted by Crippen LogP contribution is -2.44. The molecule has 0 aromatic carbocycles. The lowest BCUT2D eigenvalue weighted by Gasteiger charge is -2.38. The number of halogens is 4. The number of hydrogen-bond acceptors (Lipinski definition) is 32. The minimum Gasteiger partial charge on any atom is -0.481 e. The van der Waals surface area contributed by atoms with Gasteiger partial charge in [0.25, 0.3) is 0 Å². The molecule has 16 rings (SSSR count). The number of anilines is 8. The number of methoxy groups -OCH3 is 4. The van der Waals surface area contributed by atoms with Gasteiger partial charge in [-0.2, -0.15) is 0 Å². The molecule has 16 atom stereocenters. The predicted octanol–water partition coefficient (Wildman–Crippen LogP) is 14.1. The van der Waals surface area contributed by atoms with Crippen LogP contribution in [-0.4, -0.2) is 260 Å². The van der Waals surface area contributed by atoms with Crippen molar-refractivity contribution in [3.05, 3.63) is 119 Å². The Balaban J connectivity index is 0.000000150. The highest BCUT2D eigenvalue weighted by atomic mass is 35.5. The van der Waals surface area contributed by atoms with Gasteiger partial charge in [0, 0.05) is 176 Å². The molecule has 8 aliphatic rings. The lowest BCUT2D eigenvalue weighted by molar-refractivity contribution is -0.138. The molecule has 8 fully saturated rings. The molecule has 8 aromatic rings. The van der Waals surface area contributed by atoms with Crippen molar-refractivity contribution in [2.24, 2.45) is 47.3 Å². The average Bonchev–Trinajstić information content (AvgIpc) is 1.79. The summed E-state index contributed by atoms with van der Waals surface area (Å²) in [7, 11) is 6.36.